The minimum atomic E-state index is -0.862. The van der Waals surface area contributed by atoms with Gasteiger partial charge >= 0.3 is 0 Å². The van der Waals surface area contributed by atoms with E-state index in [-0.39, 0.29) is 5.91 Å². The number of nitrogens with zero attached hydrogens (tertiary/aromatic N) is 1. The number of benzene rings is 2. The Morgan fingerprint density at radius 3 is 2.43 bits per heavy atom. The number of carbonyl (C=O) groups excluding carboxylic acids is 1. The van der Waals surface area contributed by atoms with Gasteiger partial charge in [-0.25, -0.2) is 0 Å². The summed E-state index contributed by atoms with van der Waals surface area (Å²) in [6.45, 7) is 1.08. The summed E-state index contributed by atoms with van der Waals surface area (Å²) in [5.41, 5.74) is 1.91. The predicted octanol–water partition coefficient (Wildman–Crippen LogP) is 2.36. The van der Waals surface area contributed by atoms with Crippen LogP contribution in [-0.2, 0) is 11.4 Å². The number of carbonyl (C=O) groups is 1. The second kappa shape index (κ2) is 5.97. The number of aliphatic hydroxyl groups is 1. The molecule has 1 aliphatic heterocycles. The first-order valence-electron chi connectivity index (χ1n) is 7.00. The van der Waals surface area contributed by atoms with Crippen LogP contribution in [0, 0.1) is 0 Å². The Kier molecular flexibility index (Phi) is 3.88. The van der Waals surface area contributed by atoms with Gasteiger partial charge in [0.2, 0.25) is 0 Å². The van der Waals surface area contributed by atoms with E-state index in [2.05, 4.69) is 0 Å². The molecule has 3 rings (SSSR count). The largest absolute Gasteiger partial charge is 0.489 e. The summed E-state index contributed by atoms with van der Waals surface area (Å²) in [6.07, 6.45) is -0.371. The Bertz CT molecular complexity index is 610. The third-order valence-electron chi connectivity index (χ3n) is 3.57. The van der Waals surface area contributed by atoms with Gasteiger partial charge in [0.25, 0.3) is 5.91 Å². The lowest BCUT2D eigenvalue weighted by Crippen LogP contribution is -2.28. The van der Waals surface area contributed by atoms with Crippen LogP contribution in [0.1, 0.15) is 12.0 Å². The van der Waals surface area contributed by atoms with Crippen molar-refractivity contribution in [1.82, 2.24) is 0 Å². The molecular formula is C17H17NO3. The van der Waals surface area contributed by atoms with E-state index in [0.717, 1.165) is 17.0 Å². The maximum Gasteiger partial charge on any atom is 0.255 e. The van der Waals surface area contributed by atoms with E-state index in [1.807, 2.05) is 54.6 Å². The molecule has 0 aromatic heterocycles. The van der Waals surface area contributed by atoms with Crippen LogP contribution in [0.25, 0.3) is 0 Å². The molecule has 0 saturated carbocycles. The lowest BCUT2D eigenvalue weighted by Gasteiger charge is -2.16. The molecule has 1 unspecified atom stereocenters. The van der Waals surface area contributed by atoms with Gasteiger partial charge < -0.3 is 14.7 Å². The highest BCUT2D eigenvalue weighted by Crippen LogP contribution is 2.24. The zero-order valence-corrected chi connectivity index (χ0v) is 11.6. The minimum Gasteiger partial charge on any atom is -0.489 e. The fourth-order valence-electron chi connectivity index (χ4n) is 2.38. The molecule has 0 spiro atoms. The number of aliphatic hydroxyl groups excluding tert-OH is 1. The molecule has 1 amide bonds. The summed E-state index contributed by atoms with van der Waals surface area (Å²) in [7, 11) is 0. The van der Waals surface area contributed by atoms with Crippen molar-refractivity contribution in [1.29, 1.82) is 0 Å². The number of rotatable bonds is 4. The van der Waals surface area contributed by atoms with Crippen molar-refractivity contribution in [3.8, 4) is 5.75 Å². The summed E-state index contributed by atoms with van der Waals surface area (Å²) in [5.74, 6) is 0.530. The second-order valence-electron chi connectivity index (χ2n) is 5.06. The van der Waals surface area contributed by atoms with Crippen LogP contribution in [0.3, 0.4) is 0 Å². The van der Waals surface area contributed by atoms with Gasteiger partial charge in [-0.1, -0.05) is 30.3 Å². The Morgan fingerprint density at radius 2 is 1.81 bits per heavy atom. The van der Waals surface area contributed by atoms with Crippen molar-refractivity contribution in [2.24, 2.45) is 0 Å². The van der Waals surface area contributed by atoms with Crippen LogP contribution < -0.4 is 9.64 Å². The van der Waals surface area contributed by atoms with Gasteiger partial charge in [0, 0.05) is 18.7 Å². The highest BCUT2D eigenvalue weighted by Gasteiger charge is 2.30. The highest BCUT2D eigenvalue weighted by molar-refractivity contribution is 5.98. The van der Waals surface area contributed by atoms with Crippen LogP contribution in [0.5, 0.6) is 5.75 Å². The Balaban J connectivity index is 1.63. The van der Waals surface area contributed by atoms with Gasteiger partial charge in [-0.3, -0.25) is 4.79 Å². The summed E-state index contributed by atoms with van der Waals surface area (Å²) < 4.78 is 5.70. The lowest BCUT2D eigenvalue weighted by molar-refractivity contribution is -0.123. The SMILES string of the molecule is O=C1C(O)CCN1c1ccc(OCc2ccccc2)cc1. The maximum atomic E-state index is 11.7. The van der Waals surface area contributed by atoms with E-state index in [9.17, 15) is 9.90 Å². The van der Waals surface area contributed by atoms with Crippen molar-refractivity contribution in [2.45, 2.75) is 19.1 Å². The van der Waals surface area contributed by atoms with E-state index in [4.69, 9.17) is 4.74 Å². The normalized spacial score (nSPS) is 18.0. The molecule has 1 heterocycles. The van der Waals surface area contributed by atoms with E-state index in [1.54, 1.807) is 4.90 Å². The van der Waals surface area contributed by atoms with Crippen LogP contribution in [0.2, 0.25) is 0 Å². The van der Waals surface area contributed by atoms with Gasteiger partial charge in [0.1, 0.15) is 18.5 Å². The fraction of sp³-hybridized carbons (Fsp3) is 0.235. The Labute approximate surface area is 123 Å². The summed E-state index contributed by atoms with van der Waals surface area (Å²) >= 11 is 0. The topological polar surface area (TPSA) is 49.8 Å². The Hall–Kier alpha value is -2.33. The molecule has 1 atom stereocenters. The van der Waals surface area contributed by atoms with E-state index >= 15 is 0 Å². The molecule has 1 saturated heterocycles. The zero-order valence-electron chi connectivity index (χ0n) is 11.6. The molecule has 0 radical (unpaired) electrons. The Morgan fingerprint density at radius 1 is 1.10 bits per heavy atom. The first-order valence-corrected chi connectivity index (χ1v) is 7.00. The molecule has 108 valence electrons. The van der Waals surface area contributed by atoms with E-state index < -0.39 is 6.10 Å². The predicted molar refractivity (Wildman–Crippen MR) is 80.2 cm³/mol. The van der Waals surface area contributed by atoms with Crippen molar-refractivity contribution in [3.05, 3.63) is 60.2 Å². The number of anilines is 1. The van der Waals surface area contributed by atoms with Crippen LogP contribution in [0.4, 0.5) is 5.69 Å². The highest BCUT2D eigenvalue weighted by atomic mass is 16.5. The summed E-state index contributed by atoms with van der Waals surface area (Å²) in [6, 6.07) is 17.3. The molecule has 0 bridgehead atoms. The van der Waals surface area contributed by atoms with E-state index in [1.165, 1.54) is 0 Å². The molecule has 0 aliphatic carbocycles. The quantitative estimate of drug-likeness (QED) is 0.937. The van der Waals surface area contributed by atoms with Crippen molar-refractivity contribution in [2.75, 3.05) is 11.4 Å². The standard InChI is InChI=1S/C17H17NO3/c19-16-10-11-18(17(16)20)14-6-8-15(9-7-14)21-12-13-4-2-1-3-5-13/h1-9,16,19H,10-12H2. The molecule has 1 N–H and O–H groups in total. The number of ether oxygens (including phenoxy) is 1. The van der Waals surface area contributed by atoms with Gasteiger partial charge in [-0.2, -0.15) is 0 Å². The van der Waals surface area contributed by atoms with Crippen molar-refractivity contribution < 1.29 is 14.6 Å². The fourth-order valence-corrected chi connectivity index (χ4v) is 2.38. The van der Waals surface area contributed by atoms with Gasteiger partial charge in [0.05, 0.1) is 0 Å². The first-order chi connectivity index (χ1) is 10.2. The molecule has 4 nitrogen and oxygen atoms in total. The smallest absolute Gasteiger partial charge is 0.255 e. The van der Waals surface area contributed by atoms with E-state index in [0.29, 0.717) is 19.6 Å². The first kappa shape index (κ1) is 13.6. The molecule has 2 aromatic rings. The second-order valence-corrected chi connectivity index (χ2v) is 5.06. The number of amides is 1. The summed E-state index contributed by atoms with van der Waals surface area (Å²) in [4.78, 5) is 13.3. The third-order valence-corrected chi connectivity index (χ3v) is 3.57. The summed E-state index contributed by atoms with van der Waals surface area (Å²) in [5, 5.41) is 9.48. The van der Waals surface area contributed by atoms with Crippen LogP contribution in [0.15, 0.2) is 54.6 Å². The monoisotopic (exact) mass is 283 g/mol. The van der Waals surface area contributed by atoms with Crippen molar-refractivity contribution in [3.63, 3.8) is 0 Å². The van der Waals surface area contributed by atoms with Gasteiger partial charge in [-0.05, 0) is 29.8 Å². The molecule has 21 heavy (non-hydrogen) atoms. The minimum absolute atomic E-state index is 0.229. The molecular weight excluding hydrogens is 266 g/mol. The van der Waals surface area contributed by atoms with Crippen LogP contribution >= 0.6 is 0 Å². The lowest BCUT2D eigenvalue weighted by atomic mass is 10.2. The van der Waals surface area contributed by atoms with Gasteiger partial charge in [-0.15, -0.1) is 0 Å². The average Bonchev–Trinajstić information content (AvgIpc) is 2.87. The average molecular weight is 283 g/mol. The maximum absolute atomic E-state index is 11.7. The molecule has 4 heteroatoms. The molecule has 2 aromatic carbocycles. The number of hydrogen-bond acceptors (Lipinski definition) is 3. The van der Waals surface area contributed by atoms with Gasteiger partial charge in [0.15, 0.2) is 0 Å². The van der Waals surface area contributed by atoms with Crippen molar-refractivity contribution >= 4 is 11.6 Å². The zero-order chi connectivity index (χ0) is 14.7. The molecule has 1 fully saturated rings. The molecule has 1 aliphatic rings. The number of hydrogen-bond donors (Lipinski definition) is 1. The third kappa shape index (κ3) is 3.06. The van der Waals surface area contributed by atoms with Crippen LogP contribution in [-0.4, -0.2) is 23.7 Å².